The van der Waals surface area contributed by atoms with E-state index in [4.69, 9.17) is 16.9 Å². The lowest BCUT2D eigenvalue weighted by Gasteiger charge is -2.17. The second-order valence-corrected chi connectivity index (χ2v) is 6.47. The first-order chi connectivity index (χ1) is 9.75. The molecule has 0 aliphatic heterocycles. The molecule has 1 aromatic carbocycles. The van der Waals surface area contributed by atoms with E-state index < -0.39 is 0 Å². The molecule has 1 aromatic heterocycles. The molecule has 0 unspecified atom stereocenters. The third-order valence-corrected chi connectivity index (χ3v) is 5.12. The average Bonchev–Trinajstić information content (AvgIpc) is 3.36. The van der Waals surface area contributed by atoms with Crippen LogP contribution in [0.1, 0.15) is 37.1 Å². The molecule has 2 aromatic rings. The van der Waals surface area contributed by atoms with Gasteiger partial charge in [-0.15, -0.1) is 11.6 Å². The highest BCUT2D eigenvalue weighted by Gasteiger charge is 2.54. The van der Waals surface area contributed by atoms with E-state index in [0.29, 0.717) is 16.9 Å². The predicted octanol–water partition coefficient (Wildman–Crippen LogP) is 3.84. The van der Waals surface area contributed by atoms with Crippen molar-refractivity contribution in [2.75, 3.05) is 0 Å². The summed E-state index contributed by atoms with van der Waals surface area (Å²) in [6, 6.07) is 7.91. The van der Waals surface area contributed by atoms with Crippen molar-refractivity contribution in [1.82, 2.24) is 9.55 Å². The van der Waals surface area contributed by atoms with Crippen LogP contribution in [0, 0.1) is 22.7 Å². The van der Waals surface area contributed by atoms with Crippen LogP contribution in [0.4, 0.5) is 0 Å². The first-order valence-corrected chi connectivity index (χ1v) is 7.74. The summed E-state index contributed by atoms with van der Waals surface area (Å²) in [5.41, 5.74) is 3.20. The van der Waals surface area contributed by atoms with E-state index in [0.717, 1.165) is 29.3 Å². The van der Waals surface area contributed by atoms with Gasteiger partial charge in [-0.3, -0.25) is 0 Å². The van der Waals surface area contributed by atoms with Gasteiger partial charge in [0.25, 0.3) is 0 Å². The minimum absolute atomic E-state index is 0.428. The maximum atomic E-state index is 9.09. The number of aromatic nitrogens is 2. The number of nitriles is 1. The molecule has 0 spiro atoms. The molecule has 4 rings (SSSR count). The van der Waals surface area contributed by atoms with Crippen LogP contribution >= 0.6 is 11.6 Å². The van der Waals surface area contributed by atoms with Crippen molar-refractivity contribution in [3.63, 3.8) is 0 Å². The van der Waals surface area contributed by atoms with Crippen LogP contribution in [-0.2, 0) is 12.4 Å². The average molecular weight is 286 g/mol. The van der Waals surface area contributed by atoms with Gasteiger partial charge in [0.1, 0.15) is 5.82 Å². The first kappa shape index (κ1) is 12.2. The van der Waals surface area contributed by atoms with Crippen molar-refractivity contribution in [2.45, 2.75) is 38.1 Å². The highest BCUT2D eigenvalue weighted by atomic mass is 35.5. The third-order valence-electron chi connectivity index (χ3n) is 4.88. The van der Waals surface area contributed by atoms with Crippen molar-refractivity contribution >= 4 is 22.6 Å². The molecule has 1 heterocycles. The van der Waals surface area contributed by atoms with Crippen LogP contribution in [-0.4, -0.2) is 9.55 Å². The maximum Gasteiger partial charge on any atom is 0.124 e. The minimum atomic E-state index is 0.428. The molecule has 102 valence electrons. The molecule has 0 N–H and O–H groups in total. The summed E-state index contributed by atoms with van der Waals surface area (Å²) in [7, 11) is 0. The van der Waals surface area contributed by atoms with E-state index in [1.807, 2.05) is 18.2 Å². The number of imidazole rings is 1. The normalized spacial score (nSPS) is 20.0. The van der Waals surface area contributed by atoms with E-state index in [2.05, 4.69) is 15.6 Å². The molecule has 3 nitrogen and oxygen atoms in total. The summed E-state index contributed by atoms with van der Waals surface area (Å²) in [5, 5.41) is 9.09. The summed E-state index contributed by atoms with van der Waals surface area (Å²) >= 11 is 6.07. The van der Waals surface area contributed by atoms with Crippen molar-refractivity contribution in [3.05, 3.63) is 29.6 Å². The lowest BCUT2D eigenvalue weighted by molar-refractivity contribution is 0.371. The Morgan fingerprint density at radius 3 is 2.80 bits per heavy atom. The number of benzene rings is 1. The van der Waals surface area contributed by atoms with Crippen LogP contribution in [0.5, 0.6) is 0 Å². The Hall–Kier alpha value is -1.53. The largest absolute Gasteiger partial charge is 0.326 e. The second kappa shape index (κ2) is 4.23. The van der Waals surface area contributed by atoms with Crippen LogP contribution in [0.25, 0.3) is 11.0 Å². The van der Waals surface area contributed by atoms with Gasteiger partial charge >= 0.3 is 0 Å². The van der Waals surface area contributed by atoms with Gasteiger partial charge in [0.15, 0.2) is 0 Å². The number of hydrogen-bond acceptors (Lipinski definition) is 2. The van der Waals surface area contributed by atoms with Gasteiger partial charge in [-0.25, -0.2) is 4.98 Å². The molecule has 2 aliphatic rings. The molecule has 0 atom stereocenters. The Balaban J connectivity index is 1.81. The summed E-state index contributed by atoms with van der Waals surface area (Å²) in [6.45, 7) is 1.02. The fourth-order valence-corrected chi connectivity index (χ4v) is 3.59. The van der Waals surface area contributed by atoms with Gasteiger partial charge in [0.05, 0.1) is 28.5 Å². The molecule has 0 bridgehead atoms. The van der Waals surface area contributed by atoms with Crippen molar-refractivity contribution in [1.29, 1.82) is 5.26 Å². The number of halogens is 1. The number of alkyl halides is 1. The van der Waals surface area contributed by atoms with Crippen LogP contribution in [0.3, 0.4) is 0 Å². The lowest BCUT2D eigenvalue weighted by atomic mass is 10.0. The van der Waals surface area contributed by atoms with Gasteiger partial charge in [0.2, 0.25) is 0 Å². The monoisotopic (exact) mass is 285 g/mol. The Labute approximate surface area is 123 Å². The summed E-state index contributed by atoms with van der Waals surface area (Å²) in [5.74, 6) is 2.27. The fourth-order valence-electron chi connectivity index (χ4n) is 3.39. The Morgan fingerprint density at radius 1 is 1.40 bits per heavy atom. The number of rotatable bonds is 4. The Morgan fingerprint density at radius 2 is 2.20 bits per heavy atom. The van der Waals surface area contributed by atoms with Gasteiger partial charge in [-0.05, 0) is 55.2 Å². The van der Waals surface area contributed by atoms with Crippen molar-refractivity contribution in [3.8, 4) is 6.07 Å². The van der Waals surface area contributed by atoms with Gasteiger partial charge < -0.3 is 4.57 Å². The zero-order valence-electron chi connectivity index (χ0n) is 11.3. The number of nitrogens with zero attached hydrogens (tertiary/aromatic N) is 3. The molecule has 0 saturated heterocycles. The van der Waals surface area contributed by atoms with Crippen molar-refractivity contribution < 1.29 is 0 Å². The molecule has 4 heteroatoms. The fraction of sp³-hybridized carbons (Fsp3) is 0.500. The third kappa shape index (κ3) is 1.83. The second-order valence-electron chi connectivity index (χ2n) is 6.20. The quantitative estimate of drug-likeness (QED) is 0.801. The van der Waals surface area contributed by atoms with Crippen LogP contribution in [0.2, 0.25) is 0 Å². The highest BCUT2D eigenvalue weighted by molar-refractivity contribution is 6.16. The highest BCUT2D eigenvalue weighted by Crippen LogP contribution is 2.62. The molecular formula is C16H16ClN3. The van der Waals surface area contributed by atoms with E-state index in [9.17, 15) is 0 Å². The first-order valence-electron chi connectivity index (χ1n) is 7.21. The van der Waals surface area contributed by atoms with Gasteiger partial charge in [-0.1, -0.05) is 0 Å². The molecule has 0 radical (unpaired) electrons. The van der Waals surface area contributed by atoms with Gasteiger partial charge in [0, 0.05) is 6.54 Å². The topological polar surface area (TPSA) is 41.6 Å². The standard InChI is InChI=1S/C16H16ClN3/c17-8-15-19-13-4-1-11(9-18)7-14(13)20(15)10-16(5-6-16)12-2-3-12/h1,4,7,12H,2-3,5-6,8,10H2. The lowest BCUT2D eigenvalue weighted by Crippen LogP contribution is -2.15. The molecule has 2 saturated carbocycles. The Bertz CT molecular complexity index is 717. The molecule has 20 heavy (non-hydrogen) atoms. The van der Waals surface area contributed by atoms with E-state index in [1.165, 1.54) is 25.7 Å². The van der Waals surface area contributed by atoms with Crippen molar-refractivity contribution in [2.24, 2.45) is 11.3 Å². The molecule has 0 amide bonds. The van der Waals surface area contributed by atoms with E-state index in [-0.39, 0.29) is 0 Å². The SMILES string of the molecule is N#Cc1ccc2nc(CCl)n(CC3(C4CC4)CC3)c2c1. The molecule has 2 aliphatic carbocycles. The summed E-state index contributed by atoms with van der Waals surface area (Å²) < 4.78 is 2.26. The van der Waals surface area contributed by atoms with E-state index in [1.54, 1.807) is 0 Å². The molecular weight excluding hydrogens is 270 g/mol. The van der Waals surface area contributed by atoms with Crippen LogP contribution in [0.15, 0.2) is 18.2 Å². The van der Waals surface area contributed by atoms with Gasteiger partial charge in [-0.2, -0.15) is 5.26 Å². The number of fused-ring (bicyclic) bond motifs is 1. The zero-order chi connectivity index (χ0) is 13.7. The Kier molecular flexibility index (Phi) is 2.59. The summed E-state index contributed by atoms with van der Waals surface area (Å²) in [4.78, 5) is 4.62. The maximum absolute atomic E-state index is 9.09. The summed E-state index contributed by atoms with van der Waals surface area (Å²) in [6.07, 6.45) is 5.42. The van der Waals surface area contributed by atoms with Crippen LogP contribution < -0.4 is 0 Å². The minimum Gasteiger partial charge on any atom is -0.326 e. The molecule has 2 fully saturated rings. The predicted molar refractivity (Wildman–Crippen MR) is 78.4 cm³/mol. The number of hydrogen-bond donors (Lipinski definition) is 0. The smallest absolute Gasteiger partial charge is 0.124 e. The van der Waals surface area contributed by atoms with E-state index >= 15 is 0 Å². The zero-order valence-corrected chi connectivity index (χ0v) is 12.0.